The fraction of sp³-hybridized carbons (Fsp3) is 0.167. The van der Waals surface area contributed by atoms with E-state index in [1.807, 2.05) is 19.1 Å². The summed E-state index contributed by atoms with van der Waals surface area (Å²) in [5.41, 5.74) is 1.43. The van der Waals surface area contributed by atoms with E-state index in [-0.39, 0.29) is 11.3 Å². The number of alkyl halides is 2. The van der Waals surface area contributed by atoms with Crippen LogP contribution in [-0.4, -0.2) is 32.7 Å². The molecule has 0 radical (unpaired) electrons. The highest BCUT2D eigenvalue weighted by Gasteiger charge is 2.16. The predicted molar refractivity (Wildman–Crippen MR) is 97.8 cm³/mol. The van der Waals surface area contributed by atoms with Crippen LogP contribution in [0.5, 0.6) is 5.75 Å². The third-order valence-corrected chi connectivity index (χ3v) is 4.08. The Balaban J connectivity index is 1.97. The highest BCUT2D eigenvalue weighted by atomic mass is 19.3. The molecule has 0 bridgehead atoms. The number of fused-ring (bicyclic) bond motifs is 3. The van der Waals surface area contributed by atoms with Crippen molar-refractivity contribution < 1.29 is 13.5 Å². The van der Waals surface area contributed by atoms with Gasteiger partial charge in [-0.3, -0.25) is 9.36 Å². The van der Waals surface area contributed by atoms with Crippen LogP contribution in [0.3, 0.4) is 0 Å². The maximum absolute atomic E-state index is 13.0. The minimum Gasteiger partial charge on any atom is -0.435 e. The SMILES string of the molecule is CCNc1ccc2c3nc[nH]c3c(=O)n(-c3ccc(OC(F)F)cc3)c2n1. The Hall–Kier alpha value is -3.49. The van der Waals surface area contributed by atoms with Gasteiger partial charge in [0.25, 0.3) is 5.56 Å². The standard InChI is InChI=1S/C18H15F2N5O2/c1-2-21-13-8-7-12-14-15(23-9-22-14)17(26)25(16(12)24-13)10-3-5-11(6-4-10)27-18(19)20/h3-9,18H,2H2,1H3,(H,21,24)(H,22,23). The number of halogens is 2. The second kappa shape index (κ2) is 6.67. The molecule has 2 N–H and O–H groups in total. The van der Waals surface area contributed by atoms with Gasteiger partial charge in [0.1, 0.15) is 22.6 Å². The van der Waals surface area contributed by atoms with Crippen LogP contribution >= 0.6 is 0 Å². The van der Waals surface area contributed by atoms with Crippen LogP contribution < -0.4 is 15.6 Å². The molecule has 0 saturated carbocycles. The Morgan fingerprint density at radius 1 is 1.22 bits per heavy atom. The fourth-order valence-corrected chi connectivity index (χ4v) is 2.97. The van der Waals surface area contributed by atoms with E-state index in [9.17, 15) is 13.6 Å². The second-order valence-corrected chi connectivity index (χ2v) is 5.74. The van der Waals surface area contributed by atoms with Gasteiger partial charge in [0.15, 0.2) is 5.65 Å². The molecule has 0 spiro atoms. The highest BCUT2D eigenvalue weighted by Crippen LogP contribution is 2.24. The molecular formula is C18H15F2N5O2. The Bertz CT molecular complexity index is 1170. The van der Waals surface area contributed by atoms with Crippen molar-refractivity contribution in [3.05, 3.63) is 53.1 Å². The van der Waals surface area contributed by atoms with E-state index >= 15 is 0 Å². The predicted octanol–water partition coefficient (Wildman–Crippen LogP) is 3.30. The van der Waals surface area contributed by atoms with E-state index in [0.717, 1.165) is 0 Å². The van der Waals surface area contributed by atoms with Crippen molar-refractivity contribution in [2.45, 2.75) is 13.5 Å². The van der Waals surface area contributed by atoms with Crippen LogP contribution in [0, 0.1) is 0 Å². The molecule has 0 unspecified atom stereocenters. The zero-order valence-corrected chi connectivity index (χ0v) is 14.2. The lowest BCUT2D eigenvalue weighted by Crippen LogP contribution is -2.20. The topological polar surface area (TPSA) is 84.8 Å². The van der Waals surface area contributed by atoms with Crippen molar-refractivity contribution in [3.63, 3.8) is 0 Å². The van der Waals surface area contributed by atoms with Crippen molar-refractivity contribution >= 4 is 27.9 Å². The number of benzene rings is 1. The van der Waals surface area contributed by atoms with Crippen molar-refractivity contribution in [3.8, 4) is 11.4 Å². The maximum Gasteiger partial charge on any atom is 0.387 e. The number of imidazole rings is 1. The average molecular weight is 371 g/mol. The van der Waals surface area contributed by atoms with Gasteiger partial charge >= 0.3 is 6.61 Å². The number of ether oxygens (including phenoxy) is 1. The number of H-pyrrole nitrogens is 1. The van der Waals surface area contributed by atoms with Crippen LogP contribution in [0.25, 0.3) is 27.8 Å². The van der Waals surface area contributed by atoms with Gasteiger partial charge in [-0.05, 0) is 43.3 Å². The van der Waals surface area contributed by atoms with Crippen LogP contribution in [0.4, 0.5) is 14.6 Å². The van der Waals surface area contributed by atoms with E-state index in [1.165, 1.54) is 35.2 Å². The molecule has 27 heavy (non-hydrogen) atoms. The minimum absolute atomic E-state index is 0.00928. The Morgan fingerprint density at radius 2 is 2.00 bits per heavy atom. The molecule has 0 fully saturated rings. The van der Waals surface area contributed by atoms with Gasteiger partial charge in [0.2, 0.25) is 0 Å². The van der Waals surface area contributed by atoms with E-state index < -0.39 is 6.61 Å². The van der Waals surface area contributed by atoms with Crippen molar-refractivity contribution in [2.75, 3.05) is 11.9 Å². The van der Waals surface area contributed by atoms with Gasteiger partial charge in [0, 0.05) is 11.9 Å². The van der Waals surface area contributed by atoms with Crippen molar-refractivity contribution in [1.82, 2.24) is 19.5 Å². The summed E-state index contributed by atoms with van der Waals surface area (Å²) in [6.07, 6.45) is 1.45. The minimum atomic E-state index is -2.91. The van der Waals surface area contributed by atoms with E-state index in [0.29, 0.717) is 40.1 Å². The lowest BCUT2D eigenvalue weighted by atomic mass is 10.2. The molecule has 0 amide bonds. The molecule has 0 aliphatic heterocycles. The summed E-state index contributed by atoms with van der Waals surface area (Å²) in [5, 5.41) is 3.81. The van der Waals surface area contributed by atoms with Crippen LogP contribution in [0.1, 0.15) is 6.92 Å². The number of nitrogens with zero attached hydrogens (tertiary/aromatic N) is 3. The lowest BCUT2D eigenvalue weighted by molar-refractivity contribution is -0.0498. The van der Waals surface area contributed by atoms with Crippen LogP contribution in [0.2, 0.25) is 0 Å². The molecular weight excluding hydrogens is 356 g/mol. The second-order valence-electron chi connectivity index (χ2n) is 5.74. The molecule has 0 aliphatic rings. The normalized spacial score (nSPS) is 11.4. The smallest absolute Gasteiger partial charge is 0.387 e. The molecule has 3 aromatic heterocycles. The van der Waals surface area contributed by atoms with Crippen LogP contribution in [0.15, 0.2) is 47.5 Å². The molecule has 9 heteroatoms. The Kier molecular flexibility index (Phi) is 4.19. The first-order valence-electron chi connectivity index (χ1n) is 8.26. The number of rotatable bonds is 5. The van der Waals surface area contributed by atoms with Crippen LogP contribution in [-0.2, 0) is 0 Å². The summed E-state index contributed by atoms with van der Waals surface area (Å²) in [5.74, 6) is 0.626. The average Bonchev–Trinajstić information content (AvgIpc) is 3.13. The first-order valence-corrected chi connectivity index (χ1v) is 8.26. The number of anilines is 1. The zero-order chi connectivity index (χ0) is 19.0. The summed E-state index contributed by atoms with van der Waals surface area (Å²) in [7, 11) is 0. The Labute approximate surface area is 151 Å². The molecule has 1 aromatic carbocycles. The summed E-state index contributed by atoms with van der Waals surface area (Å²) >= 11 is 0. The van der Waals surface area contributed by atoms with Gasteiger partial charge in [-0.15, -0.1) is 0 Å². The summed E-state index contributed by atoms with van der Waals surface area (Å²) in [6.45, 7) is -0.296. The molecule has 0 saturated heterocycles. The zero-order valence-electron chi connectivity index (χ0n) is 14.2. The molecule has 4 aromatic rings. The Morgan fingerprint density at radius 3 is 2.70 bits per heavy atom. The molecule has 7 nitrogen and oxygen atoms in total. The number of hydrogen-bond donors (Lipinski definition) is 2. The number of pyridine rings is 2. The molecule has 138 valence electrons. The van der Waals surface area contributed by atoms with Gasteiger partial charge in [-0.1, -0.05) is 0 Å². The fourth-order valence-electron chi connectivity index (χ4n) is 2.97. The summed E-state index contributed by atoms with van der Waals surface area (Å²) in [6, 6.07) is 9.48. The van der Waals surface area contributed by atoms with E-state index in [2.05, 4.69) is 25.0 Å². The number of nitrogens with one attached hydrogen (secondary N) is 2. The van der Waals surface area contributed by atoms with Gasteiger partial charge in [-0.2, -0.15) is 8.78 Å². The number of aromatic amines is 1. The van der Waals surface area contributed by atoms with E-state index in [4.69, 9.17) is 0 Å². The van der Waals surface area contributed by atoms with Crippen molar-refractivity contribution in [2.24, 2.45) is 0 Å². The summed E-state index contributed by atoms with van der Waals surface area (Å²) in [4.78, 5) is 24.7. The molecule has 4 rings (SSSR count). The molecule has 0 aliphatic carbocycles. The number of hydrogen-bond acceptors (Lipinski definition) is 5. The number of aromatic nitrogens is 4. The molecule has 3 heterocycles. The third kappa shape index (κ3) is 2.97. The quantitative estimate of drug-likeness (QED) is 0.562. The highest BCUT2D eigenvalue weighted by molar-refractivity contribution is 6.01. The first-order chi connectivity index (χ1) is 13.1. The largest absolute Gasteiger partial charge is 0.435 e. The lowest BCUT2D eigenvalue weighted by Gasteiger charge is -2.12. The summed E-state index contributed by atoms with van der Waals surface area (Å²) < 4.78 is 30.5. The first kappa shape index (κ1) is 17.0. The van der Waals surface area contributed by atoms with Gasteiger partial charge in [0.05, 0.1) is 12.0 Å². The van der Waals surface area contributed by atoms with Gasteiger partial charge in [-0.25, -0.2) is 9.97 Å². The third-order valence-electron chi connectivity index (χ3n) is 4.08. The van der Waals surface area contributed by atoms with Crippen molar-refractivity contribution in [1.29, 1.82) is 0 Å². The van der Waals surface area contributed by atoms with Gasteiger partial charge < -0.3 is 15.0 Å². The van der Waals surface area contributed by atoms with E-state index in [1.54, 1.807) is 0 Å². The maximum atomic E-state index is 13.0. The molecule has 0 atom stereocenters. The monoisotopic (exact) mass is 371 g/mol.